The van der Waals surface area contributed by atoms with Crippen molar-refractivity contribution < 1.29 is 18.8 Å². The van der Waals surface area contributed by atoms with E-state index in [1.807, 2.05) is 48.5 Å². The first-order chi connectivity index (χ1) is 12.8. The van der Waals surface area contributed by atoms with Crippen molar-refractivity contribution in [3.8, 4) is 22.9 Å². The minimum atomic E-state index is -0.674. The fraction of sp³-hybridized carbons (Fsp3) is 0.211. The van der Waals surface area contributed by atoms with Gasteiger partial charge in [-0.15, -0.1) is 0 Å². The standard InChI is InChI=1S/C19H17N3O4/c23-19(16-12-24-14-8-4-5-9-15(14)25-16)20-11-10-17-21-18(22-26-17)13-6-2-1-3-7-13/h1-9,16H,10-12H2,(H,20,23)/t16-/m1/s1. The molecule has 132 valence electrons. The summed E-state index contributed by atoms with van der Waals surface area (Å²) in [4.78, 5) is 16.6. The molecule has 1 N–H and O–H groups in total. The summed E-state index contributed by atoms with van der Waals surface area (Å²) in [5.74, 6) is 1.99. The second-order valence-corrected chi connectivity index (χ2v) is 5.78. The van der Waals surface area contributed by atoms with E-state index in [1.165, 1.54) is 0 Å². The molecular weight excluding hydrogens is 334 g/mol. The average Bonchev–Trinajstić information content (AvgIpc) is 3.17. The number of fused-ring (bicyclic) bond motifs is 1. The molecule has 26 heavy (non-hydrogen) atoms. The third-order valence-corrected chi connectivity index (χ3v) is 3.94. The Morgan fingerprint density at radius 3 is 2.69 bits per heavy atom. The van der Waals surface area contributed by atoms with Crippen molar-refractivity contribution in [1.29, 1.82) is 0 Å². The number of rotatable bonds is 5. The lowest BCUT2D eigenvalue weighted by atomic mass is 10.2. The first kappa shape index (κ1) is 16.1. The number of nitrogens with one attached hydrogen (secondary N) is 1. The second-order valence-electron chi connectivity index (χ2n) is 5.78. The van der Waals surface area contributed by atoms with Crippen molar-refractivity contribution in [3.63, 3.8) is 0 Å². The number of benzene rings is 2. The first-order valence-corrected chi connectivity index (χ1v) is 8.34. The number of ether oxygens (including phenoxy) is 2. The van der Waals surface area contributed by atoms with Gasteiger partial charge < -0.3 is 19.3 Å². The molecule has 3 aromatic rings. The van der Waals surface area contributed by atoms with Crippen molar-refractivity contribution >= 4 is 5.91 Å². The Balaban J connectivity index is 1.29. The van der Waals surface area contributed by atoms with Crippen LogP contribution in [-0.2, 0) is 11.2 Å². The number of carbonyl (C=O) groups is 1. The highest BCUT2D eigenvalue weighted by atomic mass is 16.6. The van der Waals surface area contributed by atoms with Gasteiger partial charge in [-0.25, -0.2) is 0 Å². The molecule has 2 heterocycles. The Hall–Kier alpha value is -3.35. The van der Waals surface area contributed by atoms with E-state index in [1.54, 1.807) is 6.07 Å². The predicted molar refractivity (Wildman–Crippen MR) is 92.8 cm³/mol. The molecule has 1 aliphatic heterocycles. The number of carbonyl (C=O) groups excluding carboxylic acids is 1. The Labute approximate surface area is 149 Å². The molecule has 1 atom stereocenters. The van der Waals surface area contributed by atoms with Gasteiger partial charge in [0.1, 0.15) is 6.61 Å². The molecule has 0 bridgehead atoms. The largest absolute Gasteiger partial charge is 0.485 e. The van der Waals surface area contributed by atoms with E-state index in [-0.39, 0.29) is 12.5 Å². The number of hydrogen-bond donors (Lipinski definition) is 1. The van der Waals surface area contributed by atoms with E-state index >= 15 is 0 Å². The van der Waals surface area contributed by atoms with Gasteiger partial charge >= 0.3 is 0 Å². The fourth-order valence-electron chi connectivity index (χ4n) is 2.62. The third kappa shape index (κ3) is 3.51. The molecule has 0 saturated carbocycles. The molecule has 1 amide bonds. The zero-order chi connectivity index (χ0) is 17.8. The maximum absolute atomic E-state index is 12.2. The molecule has 7 nitrogen and oxygen atoms in total. The van der Waals surface area contributed by atoms with Crippen LogP contribution in [0.25, 0.3) is 11.4 Å². The topological polar surface area (TPSA) is 86.5 Å². The molecule has 4 rings (SSSR count). The van der Waals surface area contributed by atoms with Gasteiger partial charge in [0.25, 0.3) is 5.91 Å². The van der Waals surface area contributed by atoms with Crippen LogP contribution in [-0.4, -0.2) is 35.3 Å². The predicted octanol–water partition coefficient (Wildman–Crippen LogP) is 2.24. The van der Waals surface area contributed by atoms with Gasteiger partial charge in [-0.05, 0) is 12.1 Å². The molecular formula is C19H17N3O4. The van der Waals surface area contributed by atoms with Gasteiger partial charge in [0.2, 0.25) is 17.8 Å². The van der Waals surface area contributed by atoms with Crippen LogP contribution >= 0.6 is 0 Å². The molecule has 0 unspecified atom stereocenters. The molecule has 0 saturated heterocycles. The molecule has 0 fully saturated rings. The lowest BCUT2D eigenvalue weighted by molar-refractivity contribution is -0.130. The summed E-state index contributed by atoms with van der Waals surface area (Å²) in [5, 5.41) is 6.76. The van der Waals surface area contributed by atoms with Crippen LogP contribution in [0.4, 0.5) is 0 Å². The van der Waals surface area contributed by atoms with Crippen molar-refractivity contribution in [2.45, 2.75) is 12.5 Å². The summed E-state index contributed by atoms with van der Waals surface area (Å²) in [6, 6.07) is 16.9. The number of amides is 1. The summed E-state index contributed by atoms with van der Waals surface area (Å²) >= 11 is 0. The summed E-state index contributed by atoms with van der Waals surface area (Å²) in [7, 11) is 0. The highest BCUT2D eigenvalue weighted by Gasteiger charge is 2.27. The zero-order valence-corrected chi connectivity index (χ0v) is 13.9. The Morgan fingerprint density at radius 1 is 1.08 bits per heavy atom. The number of aromatic nitrogens is 2. The smallest absolute Gasteiger partial charge is 0.264 e. The SMILES string of the molecule is O=C(NCCc1nc(-c2ccccc2)no1)[C@H]1COc2ccccc2O1. The fourth-order valence-corrected chi connectivity index (χ4v) is 2.62. The van der Waals surface area contributed by atoms with Gasteiger partial charge in [0, 0.05) is 18.5 Å². The molecule has 0 radical (unpaired) electrons. The normalized spacial score (nSPS) is 15.5. The van der Waals surface area contributed by atoms with Gasteiger partial charge in [-0.1, -0.05) is 47.6 Å². The van der Waals surface area contributed by atoms with Crippen LogP contribution in [0.5, 0.6) is 11.5 Å². The van der Waals surface area contributed by atoms with Crippen LogP contribution in [0.3, 0.4) is 0 Å². The number of nitrogens with zero attached hydrogens (tertiary/aromatic N) is 2. The Morgan fingerprint density at radius 2 is 1.85 bits per heavy atom. The summed E-state index contributed by atoms with van der Waals surface area (Å²) < 4.78 is 16.4. The monoisotopic (exact) mass is 351 g/mol. The highest BCUT2D eigenvalue weighted by Crippen LogP contribution is 2.30. The van der Waals surface area contributed by atoms with E-state index in [9.17, 15) is 4.79 Å². The molecule has 7 heteroatoms. The molecule has 0 aliphatic carbocycles. The Kier molecular flexibility index (Phi) is 4.51. The average molecular weight is 351 g/mol. The van der Waals surface area contributed by atoms with E-state index in [4.69, 9.17) is 14.0 Å². The van der Waals surface area contributed by atoms with Gasteiger partial charge in [0.15, 0.2) is 11.5 Å². The van der Waals surface area contributed by atoms with E-state index < -0.39 is 6.10 Å². The number of hydrogen-bond acceptors (Lipinski definition) is 6. The molecule has 1 aromatic heterocycles. The molecule has 1 aliphatic rings. The number of para-hydroxylation sites is 2. The van der Waals surface area contributed by atoms with Crippen molar-refractivity contribution in [2.24, 2.45) is 0 Å². The van der Waals surface area contributed by atoms with Gasteiger partial charge in [-0.3, -0.25) is 4.79 Å². The third-order valence-electron chi connectivity index (χ3n) is 3.94. The summed E-state index contributed by atoms with van der Waals surface area (Å²) in [6.07, 6.45) is -0.233. The van der Waals surface area contributed by atoms with Crippen LogP contribution in [0.15, 0.2) is 59.1 Å². The first-order valence-electron chi connectivity index (χ1n) is 8.34. The van der Waals surface area contributed by atoms with Crippen LogP contribution < -0.4 is 14.8 Å². The van der Waals surface area contributed by atoms with Crippen LogP contribution in [0.2, 0.25) is 0 Å². The van der Waals surface area contributed by atoms with E-state index in [0.717, 1.165) is 5.56 Å². The summed E-state index contributed by atoms with van der Waals surface area (Å²) in [5.41, 5.74) is 0.887. The van der Waals surface area contributed by atoms with Crippen LogP contribution in [0, 0.1) is 0 Å². The Bertz CT molecular complexity index is 895. The maximum Gasteiger partial charge on any atom is 0.264 e. The van der Waals surface area contributed by atoms with E-state index in [2.05, 4.69) is 15.5 Å². The van der Waals surface area contributed by atoms with Crippen molar-refractivity contribution in [1.82, 2.24) is 15.5 Å². The van der Waals surface area contributed by atoms with Crippen molar-refractivity contribution in [2.75, 3.05) is 13.2 Å². The van der Waals surface area contributed by atoms with Gasteiger partial charge in [-0.2, -0.15) is 4.98 Å². The quantitative estimate of drug-likeness (QED) is 0.759. The minimum Gasteiger partial charge on any atom is -0.485 e. The highest BCUT2D eigenvalue weighted by molar-refractivity contribution is 5.81. The molecule has 2 aromatic carbocycles. The van der Waals surface area contributed by atoms with E-state index in [0.29, 0.717) is 36.2 Å². The zero-order valence-electron chi connectivity index (χ0n) is 13.9. The lowest BCUT2D eigenvalue weighted by Crippen LogP contribution is -2.44. The lowest BCUT2D eigenvalue weighted by Gasteiger charge is -2.25. The van der Waals surface area contributed by atoms with Gasteiger partial charge in [0.05, 0.1) is 0 Å². The second kappa shape index (κ2) is 7.26. The molecule has 0 spiro atoms. The maximum atomic E-state index is 12.2. The van der Waals surface area contributed by atoms with Crippen molar-refractivity contribution in [3.05, 3.63) is 60.5 Å². The summed E-state index contributed by atoms with van der Waals surface area (Å²) in [6.45, 7) is 0.554. The minimum absolute atomic E-state index is 0.182. The van der Waals surface area contributed by atoms with Crippen LogP contribution in [0.1, 0.15) is 5.89 Å².